The fraction of sp³-hybridized carbons (Fsp3) is 0.667. The molecule has 17 heavy (non-hydrogen) atoms. The molecular formula is C12H20N4O. The summed E-state index contributed by atoms with van der Waals surface area (Å²) in [5.41, 5.74) is 0.985. The average molecular weight is 236 g/mol. The third-order valence-corrected chi connectivity index (χ3v) is 3.13. The molecule has 0 spiro atoms. The maximum absolute atomic E-state index is 5.36. The monoisotopic (exact) mass is 236 g/mol. The number of ether oxygens (including phenoxy) is 1. The third kappa shape index (κ3) is 3.14. The minimum atomic E-state index is 0.403. The molecule has 0 bridgehead atoms. The summed E-state index contributed by atoms with van der Waals surface area (Å²) in [6.07, 6.45) is 6.18. The SMILES string of the molecule is CNCc1cncc(N2CCC(OC)CC2)n1. The lowest BCUT2D eigenvalue weighted by Gasteiger charge is -2.31. The summed E-state index contributed by atoms with van der Waals surface area (Å²) < 4.78 is 5.36. The quantitative estimate of drug-likeness (QED) is 0.838. The summed E-state index contributed by atoms with van der Waals surface area (Å²) in [4.78, 5) is 11.1. The summed E-state index contributed by atoms with van der Waals surface area (Å²) in [5.74, 6) is 0.979. The van der Waals surface area contributed by atoms with Gasteiger partial charge in [-0.15, -0.1) is 0 Å². The molecule has 0 amide bonds. The lowest BCUT2D eigenvalue weighted by molar-refractivity contribution is 0.0818. The van der Waals surface area contributed by atoms with E-state index in [-0.39, 0.29) is 0 Å². The van der Waals surface area contributed by atoms with E-state index >= 15 is 0 Å². The number of hydrogen-bond donors (Lipinski definition) is 1. The molecule has 1 N–H and O–H groups in total. The van der Waals surface area contributed by atoms with Gasteiger partial charge in [0.25, 0.3) is 0 Å². The molecule has 2 heterocycles. The molecule has 0 aromatic carbocycles. The van der Waals surface area contributed by atoms with Crippen LogP contribution in [0.15, 0.2) is 12.4 Å². The first-order valence-electron chi connectivity index (χ1n) is 6.06. The first-order valence-corrected chi connectivity index (χ1v) is 6.06. The summed E-state index contributed by atoms with van der Waals surface area (Å²) in [6, 6.07) is 0. The molecule has 0 atom stereocenters. The highest BCUT2D eigenvalue weighted by Gasteiger charge is 2.19. The average Bonchev–Trinajstić information content (AvgIpc) is 2.40. The van der Waals surface area contributed by atoms with Crippen molar-refractivity contribution >= 4 is 5.82 Å². The second-order valence-corrected chi connectivity index (χ2v) is 4.32. The minimum absolute atomic E-state index is 0.403. The van der Waals surface area contributed by atoms with Gasteiger partial charge in [0, 0.05) is 32.9 Å². The molecule has 1 saturated heterocycles. The summed E-state index contributed by atoms with van der Waals surface area (Å²) in [5, 5.41) is 3.09. The molecule has 0 radical (unpaired) electrons. The van der Waals surface area contributed by atoms with E-state index in [0.717, 1.165) is 44.0 Å². The van der Waals surface area contributed by atoms with Crippen LogP contribution in [0.25, 0.3) is 0 Å². The van der Waals surface area contributed by atoms with Crippen molar-refractivity contribution in [3.8, 4) is 0 Å². The maximum Gasteiger partial charge on any atom is 0.147 e. The number of hydrogen-bond acceptors (Lipinski definition) is 5. The van der Waals surface area contributed by atoms with Gasteiger partial charge in [-0.25, -0.2) is 4.98 Å². The maximum atomic E-state index is 5.36. The molecule has 1 aliphatic rings. The highest BCUT2D eigenvalue weighted by atomic mass is 16.5. The predicted octanol–water partition coefficient (Wildman–Crippen LogP) is 0.811. The van der Waals surface area contributed by atoms with Crippen LogP contribution in [-0.2, 0) is 11.3 Å². The van der Waals surface area contributed by atoms with Gasteiger partial charge < -0.3 is 15.0 Å². The molecule has 0 unspecified atom stereocenters. The molecule has 5 nitrogen and oxygen atoms in total. The molecule has 94 valence electrons. The van der Waals surface area contributed by atoms with Crippen LogP contribution >= 0.6 is 0 Å². The van der Waals surface area contributed by atoms with Gasteiger partial charge in [0.1, 0.15) is 5.82 Å². The van der Waals surface area contributed by atoms with E-state index in [1.807, 2.05) is 19.4 Å². The van der Waals surface area contributed by atoms with E-state index in [4.69, 9.17) is 4.74 Å². The summed E-state index contributed by atoms with van der Waals surface area (Å²) >= 11 is 0. The zero-order chi connectivity index (χ0) is 12.1. The normalized spacial score (nSPS) is 17.4. The second kappa shape index (κ2) is 5.93. The van der Waals surface area contributed by atoms with E-state index < -0.39 is 0 Å². The van der Waals surface area contributed by atoms with Gasteiger partial charge in [-0.2, -0.15) is 0 Å². The van der Waals surface area contributed by atoms with Gasteiger partial charge in [0.05, 0.1) is 18.0 Å². The van der Waals surface area contributed by atoms with Crippen molar-refractivity contribution in [2.75, 3.05) is 32.1 Å². The molecule has 2 rings (SSSR count). The van der Waals surface area contributed by atoms with Crippen LogP contribution in [0.1, 0.15) is 18.5 Å². The Morgan fingerprint density at radius 1 is 1.41 bits per heavy atom. The first-order chi connectivity index (χ1) is 8.33. The third-order valence-electron chi connectivity index (χ3n) is 3.13. The molecule has 1 fully saturated rings. The highest BCUT2D eigenvalue weighted by molar-refractivity contribution is 5.36. The molecule has 1 aromatic rings. The second-order valence-electron chi connectivity index (χ2n) is 4.32. The standard InChI is InChI=1S/C12H20N4O/c1-13-7-10-8-14-9-12(15-10)16-5-3-11(17-2)4-6-16/h8-9,11,13H,3-7H2,1-2H3. The fourth-order valence-electron chi connectivity index (χ4n) is 2.13. The van der Waals surface area contributed by atoms with Gasteiger partial charge >= 0.3 is 0 Å². The van der Waals surface area contributed by atoms with Gasteiger partial charge in [-0.1, -0.05) is 0 Å². The van der Waals surface area contributed by atoms with Crippen LogP contribution in [0, 0.1) is 0 Å². The lowest BCUT2D eigenvalue weighted by atomic mass is 10.1. The topological polar surface area (TPSA) is 50.3 Å². The van der Waals surface area contributed by atoms with Crippen LogP contribution < -0.4 is 10.2 Å². The number of aromatic nitrogens is 2. The van der Waals surface area contributed by atoms with Crippen LogP contribution in [0.3, 0.4) is 0 Å². The fourth-order valence-corrected chi connectivity index (χ4v) is 2.13. The molecule has 0 aliphatic carbocycles. The van der Waals surface area contributed by atoms with Crippen molar-refractivity contribution in [3.05, 3.63) is 18.1 Å². The number of nitrogens with zero attached hydrogens (tertiary/aromatic N) is 3. The highest BCUT2D eigenvalue weighted by Crippen LogP contribution is 2.18. The molecule has 5 heteroatoms. The Morgan fingerprint density at radius 2 is 2.18 bits per heavy atom. The largest absolute Gasteiger partial charge is 0.381 e. The molecule has 1 aromatic heterocycles. The molecule has 1 aliphatic heterocycles. The predicted molar refractivity (Wildman–Crippen MR) is 67.0 cm³/mol. The minimum Gasteiger partial charge on any atom is -0.381 e. The Bertz CT molecular complexity index is 350. The van der Waals surface area contributed by atoms with Gasteiger partial charge in [0.2, 0.25) is 0 Å². The zero-order valence-corrected chi connectivity index (χ0v) is 10.5. The van der Waals surface area contributed by atoms with Gasteiger partial charge in [0.15, 0.2) is 0 Å². The van der Waals surface area contributed by atoms with E-state index in [1.54, 1.807) is 7.11 Å². The van der Waals surface area contributed by atoms with Crippen LogP contribution in [0.2, 0.25) is 0 Å². The van der Waals surface area contributed by atoms with Crippen LogP contribution in [0.5, 0.6) is 0 Å². The Kier molecular flexibility index (Phi) is 4.28. The number of nitrogens with one attached hydrogen (secondary N) is 1. The Balaban J connectivity index is 2.00. The van der Waals surface area contributed by atoms with Crippen molar-refractivity contribution in [3.63, 3.8) is 0 Å². The van der Waals surface area contributed by atoms with Crippen LogP contribution in [0.4, 0.5) is 5.82 Å². The number of anilines is 1. The Hall–Kier alpha value is -1.20. The van der Waals surface area contributed by atoms with Crippen LogP contribution in [-0.4, -0.2) is 43.3 Å². The summed E-state index contributed by atoms with van der Waals surface area (Å²) in [6.45, 7) is 2.75. The van der Waals surface area contributed by atoms with E-state index in [1.165, 1.54) is 0 Å². The zero-order valence-electron chi connectivity index (χ0n) is 10.5. The smallest absolute Gasteiger partial charge is 0.147 e. The van der Waals surface area contributed by atoms with Crippen molar-refractivity contribution in [1.29, 1.82) is 0 Å². The number of rotatable bonds is 4. The van der Waals surface area contributed by atoms with E-state index in [9.17, 15) is 0 Å². The van der Waals surface area contributed by atoms with E-state index in [2.05, 4.69) is 20.2 Å². The van der Waals surface area contributed by atoms with Gasteiger partial charge in [-0.3, -0.25) is 4.98 Å². The number of piperidine rings is 1. The van der Waals surface area contributed by atoms with Crippen molar-refractivity contribution < 1.29 is 4.74 Å². The summed E-state index contributed by atoms with van der Waals surface area (Å²) in [7, 11) is 3.70. The lowest BCUT2D eigenvalue weighted by Crippen LogP contribution is -2.37. The molecular weight excluding hydrogens is 216 g/mol. The Morgan fingerprint density at radius 3 is 2.82 bits per heavy atom. The first kappa shape index (κ1) is 12.3. The Labute approximate surface area is 102 Å². The van der Waals surface area contributed by atoms with Gasteiger partial charge in [-0.05, 0) is 19.9 Å². The van der Waals surface area contributed by atoms with Crippen molar-refractivity contribution in [2.45, 2.75) is 25.5 Å². The van der Waals surface area contributed by atoms with Crippen molar-refractivity contribution in [2.24, 2.45) is 0 Å². The van der Waals surface area contributed by atoms with E-state index in [0.29, 0.717) is 6.10 Å². The molecule has 0 saturated carbocycles. The van der Waals surface area contributed by atoms with Crippen molar-refractivity contribution in [1.82, 2.24) is 15.3 Å². The number of methoxy groups -OCH3 is 1.